The minimum atomic E-state index is -0.751. The molecule has 27 heavy (non-hydrogen) atoms. The van der Waals surface area contributed by atoms with E-state index in [1.165, 1.54) is 4.90 Å². The standard InChI is InChI=1S/C20H18ClNO5/c21-15-10-8-14(9-11-15)18(23)13-26-19(24)17-7-4-12-22(17)20(25)27-16-5-2-1-3-6-16/h1-3,5-6,8-11,17H,4,7,12-13H2/t17-/m0/s1. The SMILES string of the molecule is O=C(COC(=O)[C@@H]1CCCN1C(=O)Oc1ccccc1)c1ccc(Cl)cc1. The molecule has 0 N–H and O–H groups in total. The second-order valence-corrected chi connectivity index (χ2v) is 6.51. The fraction of sp³-hybridized carbons (Fsp3) is 0.250. The molecule has 1 amide bonds. The first-order valence-electron chi connectivity index (χ1n) is 8.53. The van der Waals surface area contributed by atoms with Gasteiger partial charge in [-0.25, -0.2) is 9.59 Å². The summed E-state index contributed by atoms with van der Waals surface area (Å²) in [6.45, 7) is 0.00903. The Balaban J connectivity index is 1.56. The first-order valence-corrected chi connectivity index (χ1v) is 8.91. The lowest BCUT2D eigenvalue weighted by molar-refractivity contribution is -0.147. The third-order valence-corrected chi connectivity index (χ3v) is 4.47. The second kappa shape index (κ2) is 8.68. The van der Waals surface area contributed by atoms with Crippen LogP contribution in [0.25, 0.3) is 0 Å². The van der Waals surface area contributed by atoms with E-state index in [0.29, 0.717) is 35.7 Å². The molecule has 0 aliphatic carbocycles. The van der Waals surface area contributed by atoms with Gasteiger partial charge in [-0.05, 0) is 49.2 Å². The fourth-order valence-corrected chi connectivity index (χ4v) is 2.96. The Morgan fingerprint density at radius 1 is 1.04 bits per heavy atom. The van der Waals surface area contributed by atoms with Crippen LogP contribution in [0.5, 0.6) is 5.75 Å². The van der Waals surface area contributed by atoms with Crippen molar-refractivity contribution in [2.24, 2.45) is 0 Å². The van der Waals surface area contributed by atoms with E-state index in [-0.39, 0.29) is 5.78 Å². The van der Waals surface area contributed by atoms with Gasteiger partial charge in [0.2, 0.25) is 0 Å². The van der Waals surface area contributed by atoms with Crippen LogP contribution in [0.4, 0.5) is 4.79 Å². The van der Waals surface area contributed by atoms with Crippen LogP contribution in [0.1, 0.15) is 23.2 Å². The van der Waals surface area contributed by atoms with E-state index in [0.717, 1.165) is 0 Å². The van der Waals surface area contributed by atoms with E-state index < -0.39 is 24.7 Å². The van der Waals surface area contributed by atoms with Gasteiger partial charge < -0.3 is 9.47 Å². The fourth-order valence-electron chi connectivity index (χ4n) is 2.83. The molecule has 0 spiro atoms. The molecule has 6 nitrogen and oxygen atoms in total. The van der Waals surface area contributed by atoms with Gasteiger partial charge in [0, 0.05) is 17.1 Å². The molecule has 0 aromatic heterocycles. The molecular formula is C20H18ClNO5. The highest BCUT2D eigenvalue weighted by atomic mass is 35.5. The highest BCUT2D eigenvalue weighted by Gasteiger charge is 2.36. The molecule has 140 valence electrons. The molecule has 3 rings (SSSR count). The van der Waals surface area contributed by atoms with Gasteiger partial charge in [0.05, 0.1) is 0 Å². The Morgan fingerprint density at radius 2 is 1.74 bits per heavy atom. The number of hydrogen-bond donors (Lipinski definition) is 0. The number of ether oxygens (including phenoxy) is 2. The average Bonchev–Trinajstić information content (AvgIpc) is 3.17. The number of carbonyl (C=O) groups is 3. The van der Waals surface area contributed by atoms with Gasteiger partial charge in [-0.1, -0.05) is 29.8 Å². The normalized spacial score (nSPS) is 16.0. The lowest BCUT2D eigenvalue weighted by Crippen LogP contribution is -2.43. The van der Waals surface area contributed by atoms with Gasteiger partial charge in [-0.15, -0.1) is 0 Å². The minimum Gasteiger partial charge on any atom is -0.456 e. The number of esters is 1. The third kappa shape index (κ3) is 4.86. The number of ketones is 1. The van der Waals surface area contributed by atoms with Gasteiger partial charge in [0.25, 0.3) is 0 Å². The van der Waals surface area contributed by atoms with Gasteiger partial charge in [-0.3, -0.25) is 9.69 Å². The van der Waals surface area contributed by atoms with Crippen molar-refractivity contribution in [2.75, 3.05) is 13.2 Å². The highest BCUT2D eigenvalue weighted by molar-refractivity contribution is 6.30. The summed E-state index contributed by atoms with van der Waals surface area (Å²) in [6, 6.07) is 14.2. The zero-order valence-corrected chi connectivity index (χ0v) is 15.2. The molecule has 7 heteroatoms. The van der Waals surface area contributed by atoms with Gasteiger partial charge in [-0.2, -0.15) is 0 Å². The first kappa shape index (κ1) is 18.9. The Bertz CT molecular complexity index is 822. The number of rotatable bonds is 5. The van der Waals surface area contributed by atoms with Crippen LogP contribution in [-0.2, 0) is 9.53 Å². The predicted octanol–water partition coefficient (Wildman–Crippen LogP) is 3.73. The molecule has 2 aromatic carbocycles. The van der Waals surface area contributed by atoms with E-state index in [9.17, 15) is 14.4 Å². The van der Waals surface area contributed by atoms with Gasteiger partial charge in [0.1, 0.15) is 11.8 Å². The van der Waals surface area contributed by atoms with E-state index in [1.807, 2.05) is 6.07 Å². The monoisotopic (exact) mass is 387 g/mol. The summed E-state index contributed by atoms with van der Waals surface area (Å²) in [5.74, 6) is -0.546. The van der Waals surface area contributed by atoms with E-state index in [2.05, 4.69) is 0 Å². The Labute approximate surface area is 161 Å². The first-order chi connectivity index (χ1) is 13.0. The second-order valence-electron chi connectivity index (χ2n) is 6.07. The summed E-state index contributed by atoms with van der Waals surface area (Å²) < 4.78 is 10.4. The lowest BCUT2D eigenvalue weighted by atomic mass is 10.1. The summed E-state index contributed by atoms with van der Waals surface area (Å²) >= 11 is 5.79. The molecule has 2 aromatic rings. The number of carbonyl (C=O) groups excluding carboxylic acids is 3. The maximum Gasteiger partial charge on any atom is 0.415 e. The minimum absolute atomic E-state index is 0.337. The Hall–Kier alpha value is -2.86. The van der Waals surface area contributed by atoms with Crippen molar-refractivity contribution < 1.29 is 23.9 Å². The molecule has 0 unspecified atom stereocenters. The van der Waals surface area contributed by atoms with E-state index >= 15 is 0 Å². The van der Waals surface area contributed by atoms with Crippen LogP contribution in [0, 0.1) is 0 Å². The zero-order chi connectivity index (χ0) is 19.2. The van der Waals surface area contributed by atoms with Crippen molar-refractivity contribution in [3.63, 3.8) is 0 Å². The van der Waals surface area contributed by atoms with E-state index in [1.54, 1.807) is 48.5 Å². The molecule has 1 aliphatic heterocycles. The molecule has 0 bridgehead atoms. The van der Waals surface area contributed by atoms with Gasteiger partial charge in [0.15, 0.2) is 12.4 Å². The smallest absolute Gasteiger partial charge is 0.415 e. The van der Waals surface area contributed by atoms with Crippen molar-refractivity contribution in [2.45, 2.75) is 18.9 Å². The van der Waals surface area contributed by atoms with Crippen LogP contribution >= 0.6 is 11.6 Å². The maximum absolute atomic E-state index is 12.4. The van der Waals surface area contributed by atoms with Crippen LogP contribution in [0.2, 0.25) is 5.02 Å². The molecule has 1 saturated heterocycles. The summed E-state index contributed by atoms with van der Waals surface area (Å²) in [6.07, 6.45) is 0.525. The Morgan fingerprint density at radius 3 is 2.44 bits per heavy atom. The molecule has 0 radical (unpaired) electrons. The average molecular weight is 388 g/mol. The molecule has 1 heterocycles. The van der Waals surface area contributed by atoms with Crippen molar-refractivity contribution in [3.05, 3.63) is 65.2 Å². The number of para-hydroxylation sites is 1. The number of nitrogens with zero attached hydrogens (tertiary/aromatic N) is 1. The predicted molar refractivity (Wildman–Crippen MR) is 98.9 cm³/mol. The summed E-state index contributed by atoms with van der Waals surface area (Å²) in [4.78, 5) is 38.1. The van der Waals surface area contributed by atoms with Crippen molar-refractivity contribution >= 4 is 29.4 Å². The quantitative estimate of drug-likeness (QED) is 0.577. The highest BCUT2D eigenvalue weighted by Crippen LogP contribution is 2.21. The summed E-state index contributed by atoms with van der Waals surface area (Å²) in [7, 11) is 0. The van der Waals surface area contributed by atoms with Crippen LogP contribution < -0.4 is 4.74 Å². The maximum atomic E-state index is 12.4. The van der Waals surface area contributed by atoms with Crippen LogP contribution in [0.15, 0.2) is 54.6 Å². The van der Waals surface area contributed by atoms with Crippen LogP contribution in [0.3, 0.4) is 0 Å². The molecule has 1 aliphatic rings. The van der Waals surface area contributed by atoms with Crippen LogP contribution in [-0.4, -0.2) is 41.9 Å². The summed E-state index contributed by atoms with van der Waals surface area (Å²) in [5, 5.41) is 0.516. The number of hydrogen-bond acceptors (Lipinski definition) is 5. The molecule has 1 fully saturated rings. The molecule has 0 saturated carbocycles. The third-order valence-electron chi connectivity index (χ3n) is 4.22. The van der Waals surface area contributed by atoms with E-state index in [4.69, 9.17) is 21.1 Å². The van der Waals surface area contributed by atoms with Crippen molar-refractivity contribution in [1.82, 2.24) is 4.90 Å². The number of Topliss-reactive ketones (excluding diaryl/α,β-unsaturated/α-hetero) is 1. The van der Waals surface area contributed by atoms with Crippen molar-refractivity contribution in [3.8, 4) is 5.75 Å². The van der Waals surface area contributed by atoms with Gasteiger partial charge >= 0.3 is 12.1 Å². The zero-order valence-electron chi connectivity index (χ0n) is 14.5. The summed E-state index contributed by atoms with van der Waals surface area (Å²) in [5.41, 5.74) is 0.402. The topological polar surface area (TPSA) is 72.9 Å². The number of benzene rings is 2. The number of halogens is 1. The lowest BCUT2D eigenvalue weighted by Gasteiger charge is -2.22. The number of likely N-dealkylation sites (tertiary alicyclic amines) is 1. The largest absolute Gasteiger partial charge is 0.456 e. The molecule has 1 atom stereocenters. The Kier molecular flexibility index (Phi) is 6.08. The molecular weight excluding hydrogens is 370 g/mol. The number of amides is 1. The van der Waals surface area contributed by atoms with Crippen molar-refractivity contribution in [1.29, 1.82) is 0 Å².